The van der Waals surface area contributed by atoms with Crippen LogP contribution in [-0.4, -0.2) is 20.6 Å². The fraction of sp³-hybridized carbons (Fsp3) is 0. The van der Waals surface area contributed by atoms with E-state index in [1.54, 1.807) is 6.07 Å². The molecule has 0 fully saturated rings. The Hall–Kier alpha value is -1.62. The van der Waals surface area contributed by atoms with E-state index in [2.05, 4.69) is 25.9 Å². The fourth-order valence-corrected chi connectivity index (χ4v) is 1.08. The summed E-state index contributed by atoms with van der Waals surface area (Å²) in [5.74, 6) is 0.396. The molecule has 0 aliphatic rings. The lowest BCUT2D eigenvalue weighted by atomic mass is 10.3. The Morgan fingerprint density at radius 2 is 2.15 bits per heavy atom. The van der Waals surface area contributed by atoms with Crippen LogP contribution in [0, 0.1) is 0 Å². The van der Waals surface area contributed by atoms with Gasteiger partial charge in [-0.25, -0.2) is 0 Å². The molecule has 0 spiro atoms. The Labute approximate surface area is 79.1 Å². The van der Waals surface area contributed by atoms with Crippen molar-refractivity contribution >= 4 is 23.2 Å². The van der Waals surface area contributed by atoms with Crippen LogP contribution in [0.4, 0.5) is 11.6 Å². The SMILES string of the molecule is Clc1ccccc1Nc1nn[nH]n1. The number of hydrogen-bond acceptors (Lipinski definition) is 4. The molecule has 5 nitrogen and oxygen atoms in total. The molecule has 0 saturated carbocycles. The van der Waals surface area contributed by atoms with E-state index >= 15 is 0 Å². The predicted octanol–water partition coefficient (Wildman–Crippen LogP) is 1.60. The Morgan fingerprint density at radius 3 is 2.85 bits per heavy atom. The lowest BCUT2D eigenvalue weighted by molar-refractivity contribution is 0.881. The molecule has 66 valence electrons. The molecule has 0 unspecified atom stereocenters. The van der Waals surface area contributed by atoms with Gasteiger partial charge < -0.3 is 5.32 Å². The number of para-hydroxylation sites is 1. The number of H-pyrrole nitrogens is 1. The number of halogens is 1. The molecule has 2 N–H and O–H groups in total. The molecule has 2 aromatic rings. The van der Waals surface area contributed by atoms with E-state index in [1.807, 2.05) is 18.2 Å². The van der Waals surface area contributed by atoms with Gasteiger partial charge >= 0.3 is 0 Å². The zero-order valence-corrected chi connectivity index (χ0v) is 7.28. The van der Waals surface area contributed by atoms with E-state index in [9.17, 15) is 0 Å². The maximum absolute atomic E-state index is 5.89. The van der Waals surface area contributed by atoms with E-state index in [0.29, 0.717) is 11.0 Å². The number of anilines is 2. The van der Waals surface area contributed by atoms with Gasteiger partial charge in [-0.1, -0.05) is 28.8 Å². The van der Waals surface area contributed by atoms with Gasteiger partial charge in [0.2, 0.25) is 0 Å². The normalized spacial score (nSPS) is 9.92. The molecule has 0 saturated heterocycles. The molecule has 0 bridgehead atoms. The summed E-state index contributed by atoms with van der Waals surface area (Å²) < 4.78 is 0. The van der Waals surface area contributed by atoms with Crippen LogP contribution >= 0.6 is 11.6 Å². The van der Waals surface area contributed by atoms with Gasteiger partial charge in [0.05, 0.1) is 10.7 Å². The summed E-state index contributed by atoms with van der Waals surface area (Å²) in [7, 11) is 0. The number of benzene rings is 1. The highest BCUT2D eigenvalue weighted by molar-refractivity contribution is 6.33. The van der Waals surface area contributed by atoms with Gasteiger partial charge in [0.1, 0.15) is 0 Å². The molecule has 0 atom stereocenters. The zero-order valence-electron chi connectivity index (χ0n) is 6.53. The zero-order chi connectivity index (χ0) is 9.10. The van der Waals surface area contributed by atoms with Crippen LogP contribution in [0.15, 0.2) is 24.3 Å². The number of aromatic amines is 1. The van der Waals surface area contributed by atoms with Crippen molar-refractivity contribution < 1.29 is 0 Å². The summed E-state index contributed by atoms with van der Waals surface area (Å²) >= 11 is 5.89. The van der Waals surface area contributed by atoms with Crippen LogP contribution < -0.4 is 5.32 Å². The second-order valence-corrected chi connectivity index (χ2v) is 2.75. The molecule has 1 aromatic heterocycles. The quantitative estimate of drug-likeness (QED) is 0.764. The van der Waals surface area contributed by atoms with Crippen molar-refractivity contribution in [2.45, 2.75) is 0 Å². The highest BCUT2D eigenvalue weighted by Crippen LogP contribution is 2.22. The molecule has 1 heterocycles. The van der Waals surface area contributed by atoms with Crippen LogP contribution in [0.3, 0.4) is 0 Å². The molecule has 2 rings (SSSR count). The first kappa shape index (κ1) is 8.00. The second-order valence-electron chi connectivity index (χ2n) is 2.34. The van der Waals surface area contributed by atoms with Gasteiger partial charge in [-0.2, -0.15) is 5.21 Å². The topological polar surface area (TPSA) is 66.5 Å². The first-order chi connectivity index (χ1) is 6.36. The number of rotatable bonds is 2. The molecule has 1 aromatic carbocycles. The summed E-state index contributed by atoms with van der Waals surface area (Å²) in [5.41, 5.74) is 0.755. The minimum atomic E-state index is 0.396. The molecular formula is C7H6ClN5. The summed E-state index contributed by atoms with van der Waals surface area (Å²) in [6, 6.07) is 7.33. The molecule has 0 aliphatic carbocycles. The van der Waals surface area contributed by atoms with Crippen LogP contribution in [0.2, 0.25) is 5.02 Å². The van der Waals surface area contributed by atoms with E-state index < -0.39 is 0 Å². The number of nitrogens with zero attached hydrogens (tertiary/aromatic N) is 3. The molecule has 13 heavy (non-hydrogen) atoms. The predicted molar refractivity (Wildman–Crippen MR) is 48.9 cm³/mol. The van der Waals surface area contributed by atoms with Crippen LogP contribution in [-0.2, 0) is 0 Å². The molecular weight excluding hydrogens is 190 g/mol. The summed E-state index contributed by atoms with van der Waals surface area (Å²) in [6.45, 7) is 0. The summed E-state index contributed by atoms with van der Waals surface area (Å²) in [4.78, 5) is 0. The highest BCUT2D eigenvalue weighted by Gasteiger charge is 2.01. The minimum absolute atomic E-state index is 0.396. The minimum Gasteiger partial charge on any atom is -0.320 e. The van der Waals surface area contributed by atoms with Crippen LogP contribution in [0.25, 0.3) is 0 Å². The van der Waals surface area contributed by atoms with Crippen LogP contribution in [0.1, 0.15) is 0 Å². The average Bonchev–Trinajstić information content (AvgIpc) is 2.61. The largest absolute Gasteiger partial charge is 0.320 e. The van der Waals surface area contributed by atoms with Gasteiger partial charge in [0, 0.05) is 0 Å². The highest BCUT2D eigenvalue weighted by atomic mass is 35.5. The maximum Gasteiger partial charge on any atom is 0.267 e. The first-order valence-corrected chi connectivity index (χ1v) is 3.99. The second kappa shape index (κ2) is 3.40. The molecule has 6 heteroatoms. The van der Waals surface area contributed by atoms with Crippen molar-refractivity contribution in [3.05, 3.63) is 29.3 Å². The van der Waals surface area contributed by atoms with E-state index in [0.717, 1.165) is 5.69 Å². The van der Waals surface area contributed by atoms with E-state index in [-0.39, 0.29) is 0 Å². The Kier molecular flexibility index (Phi) is 2.09. The van der Waals surface area contributed by atoms with Crippen molar-refractivity contribution in [1.82, 2.24) is 20.6 Å². The standard InChI is InChI=1S/C7H6ClN5/c8-5-3-1-2-4-6(5)9-7-10-12-13-11-7/h1-4H,(H2,9,10,11,12,13). The van der Waals surface area contributed by atoms with Crippen LogP contribution in [0.5, 0.6) is 0 Å². The molecule has 0 aliphatic heterocycles. The van der Waals surface area contributed by atoms with Crippen molar-refractivity contribution in [3.63, 3.8) is 0 Å². The lowest BCUT2D eigenvalue weighted by Crippen LogP contribution is -1.92. The third kappa shape index (κ3) is 1.75. The molecule has 0 amide bonds. The summed E-state index contributed by atoms with van der Waals surface area (Å²) in [6.07, 6.45) is 0. The smallest absolute Gasteiger partial charge is 0.267 e. The van der Waals surface area contributed by atoms with Gasteiger partial charge in [0.15, 0.2) is 0 Å². The third-order valence-corrected chi connectivity index (χ3v) is 1.80. The van der Waals surface area contributed by atoms with Gasteiger partial charge in [-0.3, -0.25) is 0 Å². The van der Waals surface area contributed by atoms with Crippen molar-refractivity contribution in [2.24, 2.45) is 0 Å². The Morgan fingerprint density at radius 1 is 1.31 bits per heavy atom. The maximum atomic E-state index is 5.89. The Balaban J connectivity index is 2.24. The Bertz CT molecular complexity index is 386. The first-order valence-electron chi connectivity index (χ1n) is 3.61. The van der Waals surface area contributed by atoms with Crippen molar-refractivity contribution in [2.75, 3.05) is 5.32 Å². The van der Waals surface area contributed by atoms with E-state index in [1.165, 1.54) is 0 Å². The van der Waals surface area contributed by atoms with Crippen molar-refractivity contribution in [1.29, 1.82) is 0 Å². The van der Waals surface area contributed by atoms with Gasteiger partial charge in [-0.05, 0) is 17.3 Å². The van der Waals surface area contributed by atoms with Gasteiger partial charge in [0.25, 0.3) is 5.95 Å². The number of nitrogens with one attached hydrogen (secondary N) is 2. The van der Waals surface area contributed by atoms with Gasteiger partial charge in [-0.15, -0.1) is 5.10 Å². The lowest BCUT2D eigenvalue weighted by Gasteiger charge is -2.01. The van der Waals surface area contributed by atoms with Crippen molar-refractivity contribution in [3.8, 4) is 0 Å². The molecule has 0 radical (unpaired) electrons. The third-order valence-electron chi connectivity index (χ3n) is 1.47. The average molecular weight is 196 g/mol. The van der Waals surface area contributed by atoms with E-state index in [4.69, 9.17) is 11.6 Å². The number of hydrogen-bond donors (Lipinski definition) is 2. The number of aromatic nitrogens is 4. The summed E-state index contributed by atoms with van der Waals surface area (Å²) in [5, 5.41) is 16.7. The fourth-order valence-electron chi connectivity index (χ4n) is 0.898. The monoisotopic (exact) mass is 195 g/mol. The number of tetrazole rings is 1.